The first kappa shape index (κ1) is 15.2. The van der Waals surface area contributed by atoms with Gasteiger partial charge in [-0.1, -0.05) is 22.0 Å². The Bertz CT molecular complexity index is 741. The third-order valence-electron chi connectivity index (χ3n) is 2.42. The van der Waals surface area contributed by atoms with Crippen LogP contribution in [0.25, 0.3) is 0 Å². The molecule has 0 unspecified atom stereocenters. The van der Waals surface area contributed by atoms with Crippen LogP contribution in [0.4, 0.5) is 0 Å². The highest BCUT2D eigenvalue weighted by molar-refractivity contribution is 9.11. The first-order valence-corrected chi connectivity index (χ1v) is 9.86. The lowest BCUT2D eigenvalue weighted by Gasteiger charge is -2.12. The molecule has 19 heavy (non-hydrogen) atoms. The maximum absolute atomic E-state index is 12.2. The number of sulfonamides is 1. The van der Waals surface area contributed by atoms with Crippen LogP contribution < -0.4 is 4.72 Å². The summed E-state index contributed by atoms with van der Waals surface area (Å²) in [5, 5.41) is 1.02. The van der Waals surface area contributed by atoms with E-state index in [-0.39, 0.29) is 10.6 Å². The Kier molecular flexibility index (Phi) is 4.22. The van der Waals surface area contributed by atoms with Crippen LogP contribution in [0, 0.1) is 0 Å². The summed E-state index contributed by atoms with van der Waals surface area (Å²) in [4.78, 5) is 0.0552. The van der Waals surface area contributed by atoms with Gasteiger partial charge in [-0.05, 0) is 34.1 Å². The monoisotopic (exact) mass is 429 g/mol. The van der Waals surface area contributed by atoms with Crippen LogP contribution in [0.5, 0.6) is 0 Å². The molecule has 1 aliphatic heterocycles. The highest BCUT2D eigenvalue weighted by atomic mass is 79.9. The largest absolute Gasteiger partial charge is 0.242 e. The Labute approximate surface area is 128 Å². The van der Waals surface area contributed by atoms with Crippen LogP contribution in [0.3, 0.4) is 0 Å². The van der Waals surface area contributed by atoms with E-state index in [0.717, 1.165) is 5.41 Å². The van der Waals surface area contributed by atoms with E-state index in [1.807, 2.05) is 0 Å². The molecule has 1 heterocycles. The molecule has 1 atom stereocenters. The molecule has 0 amide bonds. The minimum Gasteiger partial charge on any atom is -0.224 e. The Morgan fingerprint density at radius 1 is 1.26 bits per heavy atom. The summed E-state index contributed by atoms with van der Waals surface area (Å²) in [6.45, 7) is 0. The fourth-order valence-electron chi connectivity index (χ4n) is 1.60. The summed E-state index contributed by atoms with van der Waals surface area (Å²) in [7, 11) is -7.09. The average Bonchev–Trinajstić information content (AvgIpc) is 2.60. The number of hydrogen-bond acceptors (Lipinski definition) is 4. The number of benzene rings is 1. The van der Waals surface area contributed by atoms with E-state index in [4.69, 9.17) is 0 Å². The quantitative estimate of drug-likeness (QED) is 0.792. The standard InChI is InChI=1S/C10H9Br2NO4S2/c11-7-1-2-9(12)10(5-7)19(16,17)13-8-3-4-18(14,15)6-8/h1-5,8,13H,6H2/t8-/m1/s1. The van der Waals surface area contributed by atoms with Gasteiger partial charge in [0, 0.05) is 14.4 Å². The summed E-state index contributed by atoms with van der Waals surface area (Å²) in [5.41, 5.74) is 0. The number of rotatable bonds is 3. The Morgan fingerprint density at radius 3 is 2.53 bits per heavy atom. The second-order valence-corrected chi connectivity index (χ2v) is 9.34. The molecule has 1 aromatic carbocycles. The summed E-state index contributed by atoms with van der Waals surface area (Å²) < 4.78 is 50.2. The molecule has 0 aromatic heterocycles. The van der Waals surface area contributed by atoms with Gasteiger partial charge in [-0.15, -0.1) is 0 Å². The predicted octanol–water partition coefficient (Wildman–Crippen LogP) is 1.80. The number of sulfone groups is 1. The third kappa shape index (κ3) is 3.66. The molecule has 0 saturated heterocycles. The second kappa shape index (κ2) is 5.28. The summed E-state index contributed by atoms with van der Waals surface area (Å²) in [6, 6.07) is 4.00. The van der Waals surface area contributed by atoms with Gasteiger partial charge in [0.05, 0.1) is 16.7 Å². The van der Waals surface area contributed by atoms with E-state index in [0.29, 0.717) is 8.95 Å². The van der Waals surface area contributed by atoms with Crippen molar-refractivity contribution in [2.75, 3.05) is 5.75 Å². The van der Waals surface area contributed by atoms with Crippen molar-refractivity contribution in [3.63, 3.8) is 0 Å². The number of nitrogens with one attached hydrogen (secondary N) is 1. The van der Waals surface area contributed by atoms with Crippen molar-refractivity contribution >= 4 is 51.7 Å². The van der Waals surface area contributed by atoms with Gasteiger partial charge in [-0.25, -0.2) is 21.6 Å². The number of halogens is 2. The molecule has 2 rings (SSSR count). The van der Waals surface area contributed by atoms with Gasteiger partial charge >= 0.3 is 0 Å². The zero-order valence-electron chi connectivity index (χ0n) is 9.38. The van der Waals surface area contributed by atoms with E-state index in [1.54, 1.807) is 12.1 Å². The molecule has 0 aliphatic carbocycles. The molecule has 5 nitrogen and oxygen atoms in total. The summed E-state index contributed by atoms with van der Waals surface area (Å²) >= 11 is 6.36. The molecule has 9 heteroatoms. The van der Waals surface area contributed by atoms with Gasteiger partial charge in [-0.3, -0.25) is 0 Å². The van der Waals surface area contributed by atoms with Gasteiger partial charge in [0.1, 0.15) is 0 Å². The minimum absolute atomic E-state index is 0.0552. The molecule has 0 fully saturated rings. The van der Waals surface area contributed by atoms with E-state index < -0.39 is 25.9 Å². The molecular formula is C10H9Br2NO4S2. The zero-order valence-corrected chi connectivity index (χ0v) is 14.2. The molecule has 1 aliphatic rings. The lowest BCUT2D eigenvalue weighted by atomic mass is 10.4. The molecule has 1 N–H and O–H groups in total. The lowest BCUT2D eigenvalue weighted by molar-refractivity contribution is 0.574. The number of hydrogen-bond donors (Lipinski definition) is 1. The van der Waals surface area contributed by atoms with E-state index in [1.165, 1.54) is 12.1 Å². The van der Waals surface area contributed by atoms with Crippen LogP contribution in [-0.2, 0) is 19.9 Å². The first-order chi connectivity index (χ1) is 8.70. The van der Waals surface area contributed by atoms with Crippen molar-refractivity contribution in [2.24, 2.45) is 0 Å². The Hall–Kier alpha value is -0.220. The molecule has 0 bridgehead atoms. The average molecular weight is 431 g/mol. The molecule has 0 radical (unpaired) electrons. The normalized spacial score (nSPS) is 21.7. The molecule has 104 valence electrons. The van der Waals surface area contributed by atoms with Gasteiger partial charge < -0.3 is 0 Å². The summed E-state index contributed by atoms with van der Waals surface area (Å²) in [6.07, 6.45) is 1.33. The zero-order chi connectivity index (χ0) is 14.3. The van der Waals surface area contributed by atoms with Crippen molar-refractivity contribution in [1.82, 2.24) is 4.72 Å². The van der Waals surface area contributed by atoms with Gasteiger partial charge in [0.2, 0.25) is 10.0 Å². The van der Waals surface area contributed by atoms with Gasteiger partial charge in [0.15, 0.2) is 9.84 Å². The maximum Gasteiger partial charge on any atom is 0.242 e. The van der Waals surface area contributed by atoms with Gasteiger partial charge in [0.25, 0.3) is 0 Å². The van der Waals surface area contributed by atoms with Crippen LogP contribution >= 0.6 is 31.9 Å². The molecule has 0 saturated carbocycles. The predicted molar refractivity (Wildman–Crippen MR) is 78.9 cm³/mol. The van der Waals surface area contributed by atoms with Crippen molar-refractivity contribution in [2.45, 2.75) is 10.9 Å². The van der Waals surface area contributed by atoms with E-state index in [9.17, 15) is 16.8 Å². The first-order valence-electron chi connectivity index (χ1n) is 5.08. The van der Waals surface area contributed by atoms with Crippen molar-refractivity contribution < 1.29 is 16.8 Å². The van der Waals surface area contributed by atoms with Crippen LogP contribution in [0.2, 0.25) is 0 Å². The minimum atomic E-state index is -3.79. The highest BCUT2D eigenvalue weighted by Crippen LogP contribution is 2.26. The Morgan fingerprint density at radius 2 is 1.95 bits per heavy atom. The molecular weight excluding hydrogens is 422 g/mol. The van der Waals surface area contributed by atoms with Crippen LogP contribution in [0.15, 0.2) is 43.5 Å². The van der Waals surface area contributed by atoms with Crippen molar-refractivity contribution in [3.8, 4) is 0 Å². The second-order valence-electron chi connectivity index (χ2n) is 3.96. The SMILES string of the molecule is O=S1(=O)C=C[C@@H](NS(=O)(=O)c2cc(Br)ccc2Br)C1. The maximum atomic E-state index is 12.2. The van der Waals surface area contributed by atoms with Gasteiger partial charge in [-0.2, -0.15) is 0 Å². The lowest BCUT2D eigenvalue weighted by Crippen LogP contribution is -2.35. The molecule has 1 aromatic rings. The highest BCUT2D eigenvalue weighted by Gasteiger charge is 2.27. The molecule has 0 spiro atoms. The van der Waals surface area contributed by atoms with Crippen LogP contribution in [-0.4, -0.2) is 28.6 Å². The van der Waals surface area contributed by atoms with Crippen molar-refractivity contribution in [3.05, 3.63) is 38.6 Å². The fraction of sp³-hybridized carbons (Fsp3) is 0.200. The van der Waals surface area contributed by atoms with Crippen LogP contribution in [0.1, 0.15) is 0 Å². The van der Waals surface area contributed by atoms with Crippen molar-refractivity contribution in [1.29, 1.82) is 0 Å². The smallest absolute Gasteiger partial charge is 0.224 e. The Balaban J connectivity index is 2.29. The summed E-state index contributed by atoms with van der Waals surface area (Å²) in [5.74, 6) is -0.252. The fourth-order valence-corrected chi connectivity index (χ4v) is 5.63. The van der Waals surface area contributed by atoms with E-state index >= 15 is 0 Å². The topological polar surface area (TPSA) is 80.3 Å². The van der Waals surface area contributed by atoms with E-state index in [2.05, 4.69) is 36.6 Å². The third-order valence-corrected chi connectivity index (χ3v) is 6.79.